The van der Waals surface area contributed by atoms with Crippen LogP contribution >= 0.6 is 0 Å². The Balaban J connectivity index is 1.92. The molecule has 3 rings (SSSR count). The Kier molecular flexibility index (Phi) is 4.19. The number of pyridine rings is 1. The summed E-state index contributed by atoms with van der Waals surface area (Å²) in [5, 5.41) is 0. The Labute approximate surface area is 130 Å². The average Bonchev–Trinajstić information content (AvgIpc) is 3.10. The van der Waals surface area contributed by atoms with Crippen molar-refractivity contribution in [1.29, 1.82) is 0 Å². The summed E-state index contributed by atoms with van der Waals surface area (Å²) >= 11 is 0. The zero-order valence-electron chi connectivity index (χ0n) is 12.8. The number of methoxy groups -OCH3 is 1. The Morgan fingerprint density at radius 3 is 2.68 bits per heavy atom. The monoisotopic (exact) mass is 293 g/mol. The van der Waals surface area contributed by atoms with Gasteiger partial charge < -0.3 is 9.30 Å². The fourth-order valence-electron chi connectivity index (χ4n) is 2.67. The highest BCUT2D eigenvalue weighted by Crippen LogP contribution is 2.30. The summed E-state index contributed by atoms with van der Waals surface area (Å²) in [5.41, 5.74) is 3.15. The average molecular weight is 293 g/mol. The highest BCUT2D eigenvalue weighted by atomic mass is 16.5. The molecule has 1 atom stereocenters. The van der Waals surface area contributed by atoms with Crippen molar-refractivity contribution in [3.8, 4) is 16.9 Å². The minimum atomic E-state index is 0.217. The Bertz CT molecular complexity index is 720. The molecule has 4 heteroatoms. The first-order valence-electron chi connectivity index (χ1n) is 7.40. The molecule has 0 aliphatic rings. The van der Waals surface area contributed by atoms with Crippen LogP contribution in [0.1, 0.15) is 25.1 Å². The van der Waals surface area contributed by atoms with E-state index in [1.165, 1.54) is 0 Å². The first-order chi connectivity index (χ1) is 10.8. The Morgan fingerprint density at radius 2 is 2.05 bits per heavy atom. The van der Waals surface area contributed by atoms with Gasteiger partial charge >= 0.3 is 0 Å². The van der Waals surface area contributed by atoms with Crippen molar-refractivity contribution in [3.63, 3.8) is 0 Å². The molecule has 1 aromatic carbocycles. The van der Waals surface area contributed by atoms with Crippen molar-refractivity contribution in [2.45, 2.75) is 19.4 Å². The molecule has 112 valence electrons. The van der Waals surface area contributed by atoms with Crippen LogP contribution < -0.4 is 4.74 Å². The largest absolute Gasteiger partial charge is 0.496 e. The van der Waals surface area contributed by atoms with Gasteiger partial charge in [0.05, 0.1) is 25.2 Å². The zero-order chi connectivity index (χ0) is 15.4. The molecular weight excluding hydrogens is 274 g/mol. The first kappa shape index (κ1) is 14.3. The van der Waals surface area contributed by atoms with Gasteiger partial charge in [-0.3, -0.25) is 4.98 Å². The van der Waals surface area contributed by atoms with Crippen molar-refractivity contribution >= 4 is 0 Å². The molecule has 0 saturated heterocycles. The molecule has 0 fully saturated rings. The van der Waals surface area contributed by atoms with Crippen LogP contribution in [0.25, 0.3) is 11.1 Å². The van der Waals surface area contributed by atoms with Gasteiger partial charge in [-0.1, -0.05) is 31.2 Å². The highest BCUT2D eigenvalue weighted by molar-refractivity contribution is 5.69. The van der Waals surface area contributed by atoms with Gasteiger partial charge in [-0.15, -0.1) is 0 Å². The molecule has 4 nitrogen and oxygen atoms in total. The van der Waals surface area contributed by atoms with Gasteiger partial charge in [-0.2, -0.15) is 0 Å². The van der Waals surface area contributed by atoms with Crippen LogP contribution in [0.3, 0.4) is 0 Å². The minimum absolute atomic E-state index is 0.217. The summed E-state index contributed by atoms with van der Waals surface area (Å²) in [6.45, 7) is 2.15. The Morgan fingerprint density at radius 1 is 1.18 bits per heavy atom. The van der Waals surface area contributed by atoms with E-state index in [-0.39, 0.29) is 6.04 Å². The molecule has 2 aromatic heterocycles. The lowest BCUT2D eigenvalue weighted by Crippen LogP contribution is -2.09. The molecular formula is C18H19N3O. The van der Waals surface area contributed by atoms with Gasteiger partial charge in [0, 0.05) is 29.7 Å². The number of nitrogens with zero attached hydrogens (tertiary/aromatic N) is 3. The van der Waals surface area contributed by atoms with Crippen LogP contribution in [0.15, 0.2) is 61.3 Å². The second-order valence-electron chi connectivity index (χ2n) is 5.11. The lowest BCUT2D eigenvalue weighted by molar-refractivity contribution is 0.416. The molecule has 0 N–H and O–H groups in total. The van der Waals surface area contributed by atoms with Gasteiger partial charge in [0.1, 0.15) is 5.75 Å². The molecule has 2 heterocycles. The summed E-state index contributed by atoms with van der Waals surface area (Å²) in [5.74, 6) is 0.860. The van der Waals surface area contributed by atoms with E-state index in [2.05, 4.69) is 33.6 Å². The molecule has 0 saturated carbocycles. The Hall–Kier alpha value is -2.62. The van der Waals surface area contributed by atoms with E-state index >= 15 is 0 Å². The fourth-order valence-corrected chi connectivity index (χ4v) is 2.67. The summed E-state index contributed by atoms with van der Waals surface area (Å²) in [7, 11) is 1.69. The lowest BCUT2D eigenvalue weighted by Gasteiger charge is -2.16. The third kappa shape index (κ3) is 2.72. The van der Waals surface area contributed by atoms with Crippen molar-refractivity contribution in [1.82, 2.24) is 14.5 Å². The van der Waals surface area contributed by atoms with Crippen molar-refractivity contribution < 1.29 is 4.74 Å². The van der Waals surface area contributed by atoms with E-state index in [4.69, 9.17) is 4.74 Å². The number of hydrogen-bond donors (Lipinski definition) is 0. The van der Waals surface area contributed by atoms with Crippen LogP contribution in [-0.4, -0.2) is 21.6 Å². The van der Waals surface area contributed by atoms with E-state index < -0.39 is 0 Å². The molecule has 1 unspecified atom stereocenters. The van der Waals surface area contributed by atoms with Crippen LogP contribution in [-0.2, 0) is 0 Å². The second-order valence-corrected chi connectivity index (χ2v) is 5.11. The maximum atomic E-state index is 5.42. The summed E-state index contributed by atoms with van der Waals surface area (Å²) in [6.07, 6.45) is 8.49. The van der Waals surface area contributed by atoms with Crippen molar-refractivity contribution in [3.05, 3.63) is 67.0 Å². The van der Waals surface area contributed by atoms with Crippen LogP contribution in [0.5, 0.6) is 5.75 Å². The van der Waals surface area contributed by atoms with Gasteiger partial charge in [0.25, 0.3) is 0 Å². The maximum Gasteiger partial charge on any atom is 0.126 e. The molecule has 0 spiro atoms. The summed E-state index contributed by atoms with van der Waals surface area (Å²) in [6, 6.07) is 12.4. The molecule has 0 bridgehead atoms. The maximum absolute atomic E-state index is 5.42. The number of imidazole rings is 1. The highest BCUT2D eigenvalue weighted by Gasteiger charge is 2.13. The van der Waals surface area contributed by atoms with E-state index in [1.807, 2.05) is 43.0 Å². The number of aromatic nitrogens is 3. The number of para-hydroxylation sites is 1. The first-order valence-corrected chi connectivity index (χ1v) is 7.40. The number of ether oxygens (including phenoxy) is 1. The van der Waals surface area contributed by atoms with Crippen LogP contribution in [0.4, 0.5) is 0 Å². The third-order valence-electron chi connectivity index (χ3n) is 3.82. The SMILES string of the molecule is CCC(c1ccc(-c2ccccc2OC)cn1)n1ccnc1. The summed E-state index contributed by atoms with van der Waals surface area (Å²) < 4.78 is 7.51. The predicted molar refractivity (Wildman–Crippen MR) is 86.9 cm³/mol. The van der Waals surface area contributed by atoms with Crippen molar-refractivity contribution in [2.75, 3.05) is 7.11 Å². The minimum Gasteiger partial charge on any atom is -0.496 e. The van der Waals surface area contributed by atoms with E-state index in [9.17, 15) is 0 Å². The quantitative estimate of drug-likeness (QED) is 0.715. The zero-order valence-corrected chi connectivity index (χ0v) is 12.8. The molecule has 0 radical (unpaired) electrons. The van der Waals surface area contributed by atoms with E-state index in [0.29, 0.717) is 0 Å². The topological polar surface area (TPSA) is 39.9 Å². The fraction of sp³-hybridized carbons (Fsp3) is 0.222. The third-order valence-corrected chi connectivity index (χ3v) is 3.82. The van der Waals surface area contributed by atoms with Gasteiger partial charge in [0.15, 0.2) is 0 Å². The van der Waals surface area contributed by atoms with E-state index in [0.717, 1.165) is 29.0 Å². The van der Waals surface area contributed by atoms with Gasteiger partial charge in [-0.05, 0) is 18.6 Å². The van der Waals surface area contributed by atoms with Crippen molar-refractivity contribution in [2.24, 2.45) is 0 Å². The summed E-state index contributed by atoms with van der Waals surface area (Å²) in [4.78, 5) is 8.78. The predicted octanol–water partition coefficient (Wildman–Crippen LogP) is 3.95. The number of rotatable bonds is 5. The molecule has 22 heavy (non-hydrogen) atoms. The number of hydrogen-bond acceptors (Lipinski definition) is 3. The van der Waals surface area contributed by atoms with E-state index in [1.54, 1.807) is 13.3 Å². The number of benzene rings is 1. The molecule has 0 aliphatic heterocycles. The van der Waals surface area contributed by atoms with Gasteiger partial charge in [-0.25, -0.2) is 4.98 Å². The standard InChI is InChI=1S/C18H19N3O/c1-3-17(21-11-10-19-13-21)16-9-8-14(12-20-16)15-6-4-5-7-18(15)22-2/h4-13,17H,3H2,1-2H3. The smallest absolute Gasteiger partial charge is 0.126 e. The molecule has 0 amide bonds. The van der Waals surface area contributed by atoms with Gasteiger partial charge in [0.2, 0.25) is 0 Å². The van der Waals surface area contributed by atoms with Crippen LogP contribution in [0, 0.1) is 0 Å². The second kappa shape index (κ2) is 6.43. The molecule has 0 aliphatic carbocycles. The van der Waals surface area contributed by atoms with Crippen LogP contribution in [0.2, 0.25) is 0 Å². The lowest BCUT2D eigenvalue weighted by atomic mass is 10.0. The molecule has 3 aromatic rings. The normalized spacial score (nSPS) is 12.1.